The molecule has 0 aromatic heterocycles. The summed E-state index contributed by atoms with van der Waals surface area (Å²) in [6.45, 7) is 4.16. The average Bonchev–Trinajstić information content (AvgIpc) is 1.41. The van der Waals surface area contributed by atoms with Gasteiger partial charge in [-0.3, -0.25) is 0 Å². The summed E-state index contributed by atoms with van der Waals surface area (Å²) in [6, 6.07) is 0. The molecule has 0 aliphatic carbocycles. The van der Waals surface area contributed by atoms with E-state index in [1.807, 2.05) is 6.92 Å². The quantitative estimate of drug-likeness (QED) is 0.341. The predicted molar refractivity (Wildman–Crippen MR) is 30.9 cm³/mol. The van der Waals surface area contributed by atoms with E-state index >= 15 is 0 Å². The molecule has 6 heavy (non-hydrogen) atoms. The van der Waals surface area contributed by atoms with Gasteiger partial charge in [0.05, 0.1) is 0 Å². The largest absolute Gasteiger partial charge is 0.0917 e. The van der Waals surface area contributed by atoms with E-state index in [1.54, 1.807) is 0 Å². The Labute approximate surface area is 61.9 Å². The van der Waals surface area contributed by atoms with Crippen molar-refractivity contribution in [2.45, 2.75) is 20.3 Å². The Morgan fingerprint density at radius 1 is 1.50 bits per heavy atom. The monoisotopic (exact) mass is 93.1 g/mol. The Kier molecular flexibility index (Phi) is 15.2. The van der Waals surface area contributed by atoms with Crippen molar-refractivity contribution in [1.82, 2.24) is 0 Å². The zero-order valence-electron chi connectivity index (χ0n) is 4.86. The van der Waals surface area contributed by atoms with Crippen molar-refractivity contribution in [3.05, 3.63) is 12.2 Å². The molecule has 0 aromatic rings. The van der Waals surface area contributed by atoms with Crippen molar-refractivity contribution in [2.24, 2.45) is 0 Å². The molecule has 0 bridgehead atoms. The van der Waals surface area contributed by atoms with Gasteiger partial charge in [-0.25, -0.2) is 0 Å². The Bertz CT molecular complexity index is 30.9. The van der Waals surface area contributed by atoms with E-state index in [9.17, 15) is 0 Å². The third kappa shape index (κ3) is 8.83. The van der Waals surface area contributed by atoms with Gasteiger partial charge >= 0.3 is 0 Å². The Morgan fingerprint density at radius 2 is 2.00 bits per heavy atom. The molecule has 0 amide bonds. The molecular weight excluding hydrogens is 83.0 g/mol. The van der Waals surface area contributed by atoms with Gasteiger partial charge < -0.3 is 0 Å². The number of rotatable bonds is 1. The molecule has 0 saturated carbocycles. The fourth-order valence-corrected chi connectivity index (χ4v) is 0.236. The van der Waals surface area contributed by atoms with Crippen molar-refractivity contribution in [1.29, 1.82) is 0 Å². The molecule has 1 heteroatoms. The zero-order chi connectivity index (χ0) is 4.12. The SMILES string of the molecule is CC=CCC.[Na]. The van der Waals surface area contributed by atoms with Crippen LogP contribution in [0.1, 0.15) is 20.3 Å². The van der Waals surface area contributed by atoms with Gasteiger partial charge in [0.1, 0.15) is 0 Å². The van der Waals surface area contributed by atoms with Gasteiger partial charge in [0.25, 0.3) is 0 Å². The molecule has 0 aliphatic rings. The minimum absolute atomic E-state index is 0. The Hall–Kier alpha value is 0.740. The second-order valence-electron chi connectivity index (χ2n) is 0.977. The summed E-state index contributed by atoms with van der Waals surface area (Å²) < 4.78 is 0. The van der Waals surface area contributed by atoms with Crippen LogP contribution in [0.25, 0.3) is 0 Å². The predicted octanol–water partition coefficient (Wildman–Crippen LogP) is 1.59. The molecule has 0 aliphatic heterocycles. The summed E-state index contributed by atoms with van der Waals surface area (Å²) in [5, 5.41) is 0. The van der Waals surface area contributed by atoms with Crippen LogP contribution in [0.2, 0.25) is 0 Å². The maximum atomic E-state index is 2.12. The normalized spacial score (nSPS) is 8.33. The second-order valence-corrected chi connectivity index (χ2v) is 0.977. The first-order valence-corrected chi connectivity index (χ1v) is 2.03. The van der Waals surface area contributed by atoms with Crippen LogP contribution in [0.4, 0.5) is 0 Å². The Balaban J connectivity index is 0. The van der Waals surface area contributed by atoms with Crippen molar-refractivity contribution >= 4 is 29.6 Å². The van der Waals surface area contributed by atoms with Crippen LogP contribution in [0.3, 0.4) is 0 Å². The van der Waals surface area contributed by atoms with E-state index < -0.39 is 0 Å². The van der Waals surface area contributed by atoms with E-state index in [0.717, 1.165) is 6.42 Å². The first-order valence-electron chi connectivity index (χ1n) is 2.03. The van der Waals surface area contributed by atoms with Gasteiger partial charge in [-0.05, 0) is 13.3 Å². The maximum Gasteiger partial charge on any atom is 0 e. The van der Waals surface area contributed by atoms with E-state index in [0.29, 0.717) is 0 Å². The zero-order valence-corrected chi connectivity index (χ0v) is 6.86. The van der Waals surface area contributed by atoms with E-state index in [1.165, 1.54) is 0 Å². The van der Waals surface area contributed by atoms with Crippen molar-refractivity contribution < 1.29 is 0 Å². The first kappa shape index (κ1) is 9.88. The molecule has 1 radical (unpaired) electrons. The molecule has 0 saturated heterocycles. The van der Waals surface area contributed by atoms with Gasteiger partial charge in [-0.15, -0.1) is 0 Å². The number of hydrogen-bond donors (Lipinski definition) is 0. The van der Waals surface area contributed by atoms with Crippen LogP contribution in [-0.2, 0) is 0 Å². The van der Waals surface area contributed by atoms with E-state index in [-0.39, 0.29) is 29.6 Å². The molecule has 0 atom stereocenters. The summed E-state index contributed by atoms with van der Waals surface area (Å²) in [4.78, 5) is 0. The van der Waals surface area contributed by atoms with Crippen LogP contribution in [0, 0.1) is 0 Å². The van der Waals surface area contributed by atoms with Gasteiger partial charge in [-0.2, -0.15) is 0 Å². The van der Waals surface area contributed by atoms with Crippen molar-refractivity contribution in [3.8, 4) is 0 Å². The fraction of sp³-hybridized carbons (Fsp3) is 0.600. The van der Waals surface area contributed by atoms with Crippen molar-refractivity contribution in [2.75, 3.05) is 0 Å². The van der Waals surface area contributed by atoms with Crippen molar-refractivity contribution in [3.63, 3.8) is 0 Å². The smallest absolute Gasteiger partial charge is 0 e. The summed E-state index contributed by atoms with van der Waals surface area (Å²) >= 11 is 0. The summed E-state index contributed by atoms with van der Waals surface area (Å²) in [6.07, 6.45) is 5.34. The van der Waals surface area contributed by atoms with Crippen LogP contribution < -0.4 is 0 Å². The molecule has 0 nitrogen and oxygen atoms in total. The standard InChI is InChI=1S/C5H10.Na/c1-3-5-4-2;/h3,5H,4H2,1-2H3;. The third-order valence-corrected chi connectivity index (χ3v) is 0.471. The van der Waals surface area contributed by atoms with E-state index in [2.05, 4.69) is 19.1 Å². The molecule has 31 valence electrons. The Morgan fingerprint density at radius 3 is 2.00 bits per heavy atom. The molecule has 0 spiro atoms. The van der Waals surface area contributed by atoms with Crippen LogP contribution in [0.15, 0.2) is 12.2 Å². The van der Waals surface area contributed by atoms with Crippen LogP contribution in [-0.4, -0.2) is 29.6 Å². The molecule has 0 aromatic carbocycles. The summed E-state index contributed by atoms with van der Waals surface area (Å²) in [5.41, 5.74) is 0. The van der Waals surface area contributed by atoms with Crippen LogP contribution >= 0.6 is 0 Å². The molecule has 0 fully saturated rings. The molecule has 0 N–H and O–H groups in total. The van der Waals surface area contributed by atoms with E-state index in [4.69, 9.17) is 0 Å². The van der Waals surface area contributed by atoms with Gasteiger partial charge in [0.15, 0.2) is 0 Å². The average molecular weight is 93.1 g/mol. The number of hydrogen-bond acceptors (Lipinski definition) is 0. The van der Waals surface area contributed by atoms with Crippen LogP contribution in [0.5, 0.6) is 0 Å². The molecule has 0 unspecified atom stereocenters. The summed E-state index contributed by atoms with van der Waals surface area (Å²) in [7, 11) is 0. The fourth-order valence-electron chi connectivity index (χ4n) is 0.236. The summed E-state index contributed by atoms with van der Waals surface area (Å²) in [5.74, 6) is 0. The minimum atomic E-state index is 0. The molecule has 0 rings (SSSR count). The second kappa shape index (κ2) is 9.22. The third-order valence-electron chi connectivity index (χ3n) is 0.471. The van der Waals surface area contributed by atoms with Gasteiger partial charge in [0, 0.05) is 29.6 Å². The maximum absolute atomic E-state index is 2.12. The minimum Gasteiger partial charge on any atom is -0.0917 e. The number of allylic oxidation sites excluding steroid dienone is 2. The first-order chi connectivity index (χ1) is 2.41. The van der Waals surface area contributed by atoms with Gasteiger partial charge in [-0.1, -0.05) is 19.1 Å². The molecule has 0 heterocycles. The topological polar surface area (TPSA) is 0 Å². The van der Waals surface area contributed by atoms with Gasteiger partial charge in [0.2, 0.25) is 0 Å². The molecular formula is C5H10Na.